The van der Waals surface area contributed by atoms with E-state index in [1.807, 2.05) is 24.3 Å². The third-order valence-electron chi connectivity index (χ3n) is 3.94. The number of benzene rings is 2. The zero-order valence-electron chi connectivity index (χ0n) is 15.7. The van der Waals surface area contributed by atoms with Gasteiger partial charge in [-0.3, -0.25) is 4.99 Å². The molecular formula is C20H28N4O2. The molecule has 0 atom stereocenters. The van der Waals surface area contributed by atoms with Crippen molar-refractivity contribution in [2.24, 2.45) is 10.7 Å². The van der Waals surface area contributed by atoms with E-state index in [0.717, 1.165) is 30.9 Å². The number of rotatable bonds is 9. The molecular weight excluding hydrogens is 328 g/mol. The fourth-order valence-corrected chi connectivity index (χ4v) is 2.60. The fraction of sp³-hybridized carbons (Fsp3) is 0.350. The molecule has 0 saturated carbocycles. The molecule has 0 aromatic heterocycles. The molecule has 140 valence electrons. The van der Waals surface area contributed by atoms with Crippen LogP contribution in [0.1, 0.15) is 12.0 Å². The van der Waals surface area contributed by atoms with E-state index in [1.165, 1.54) is 5.56 Å². The molecule has 2 rings (SSSR count). The maximum atomic E-state index is 5.99. The van der Waals surface area contributed by atoms with Crippen LogP contribution in [0.2, 0.25) is 0 Å². The van der Waals surface area contributed by atoms with E-state index in [4.69, 9.17) is 15.2 Å². The van der Waals surface area contributed by atoms with Gasteiger partial charge in [0, 0.05) is 19.2 Å². The van der Waals surface area contributed by atoms with Crippen LogP contribution in [0.5, 0.6) is 11.5 Å². The van der Waals surface area contributed by atoms with Crippen molar-refractivity contribution in [3.05, 3.63) is 54.1 Å². The largest absolute Gasteiger partial charge is 0.497 e. The van der Waals surface area contributed by atoms with Gasteiger partial charge in [0.2, 0.25) is 0 Å². The molecule has 0 unspecified atom stereocenters. The Balaban J connectivity index is 1.79. The van der Waals surface area contributed by atoms with E-state index >= 15 is 0 Å². The van der Waals surface area contributed by atoms with Gasteiger partial charge in [0.25, 0.3) is 0 Å². The van der Waals surface area contributed by atoms with E-state index in [-0.39, 0.29) is 0 Å². The first-order valence-corrected chi connectivity index (χ1v) is 8.64. The summed E-state index contributed by atoms with van der Waals surface area (Å²) in [6.07, 6.45) is 0.932. The molecule has 2 aromatic rings. The number of aliphatic imine (C=N–C) groups is 1. The molecule has 0 amide bonds. The molecule has 0 spiro atoms. The van der Waals surface area contributed by atoms with E-state index in [9.17, 15) is 0 Å². The van der Waals surface area contributed by atoms with Crippen molar-refractivity contribution >= 4 is 11.6 Å². The van der Waals surface area contributed by atoms with Gasteiger partial charge in [0.05, 0.1) is 19.9 Å². The van der Waals surface area contributed by atoms with Gasteiger partial charge in [-0.2, -0.15) is 0 Å². The lowest BCUT2D eigenvalue weighted by Crippen LogP contribution is -2.24. The summed E-state index contributed by atoms with van der Waals surface area (Å²) < 4.78 is 10.6. The van der Waals surface area contributed by atoms with Gasteiger partial charge in [-0.1, -0.05) is 30.3 Å². The monoisotopic (exact) mass is 356 g/mol. The number of hydrogen-bond acceptors (Lipinski definition) is 4. The van der Waals surface area contributed by atoms with Crippen molar-refractivity contribution in [3.63, 3.8) is 0 Å². The maximum absolute atomic E-state index is 5.99. The number of methoxy groups -OCH3 is 2. The fourth-order valence-electron chi connectivity index (χ4n) is 2.60. The maximum Gasteiger partial charge on any atom is 0.193 e. The van der Waals surface area contributed by atoms with Gasteiger partial charge < -0.3 is 25.4 Å². The molecule has 6 heteroatoms. The minimum absolute atomic E-state index is 0.363. The zero-order valence-corrected chi connectivity index (χ0v) is 15.7. The summed E-state index contributed by atoms with van der Waals surface area (Å²) in [7, 11) is 5.34. The second-order valence-corrected chi connectivity index (χ2v) is 6.04. The SMILES string of the molecule is COc1ccc(OC)c(NC(N)=NCCCN(C)Cc2ccccc2)c1. The Morgan fingerprint density at radius 2 is 1.88 bits per heavy atom. The molecule has 2 aromatic carbocycles. The van der Waals surface area contributed by atoms with E-state index in [0.29, 0.717) is 18.3 Å². The van der Waals surface area contributed by atoms with Crippen LogP contribution in [0.25, 0.3) is 0 Å². The van der Waals surface area contributed by atoms with E-state index < -0.39 is 0 Å². The lowest BCUT2D eigenvalue weighted by Gasteiger charge is -2.16. The number of nitrogens with zero attached hydrogens (tertiary/aromatic N) is 2. The molecule has 0 bridgehead atoms. The van der Waals surface area contributed by atoms with Crippen molar-refractivity contribution in [1.82, 2.24) is 4.90 Å². The third-order valence-corrected chi connectivity index (χ3v) is 3.94. The molecule has 26 heavy (non-hydrogen) atoms. The van der Waals surface area contributed by atoms with E-state index in [1.54, 1.807) is 14.2 Å². The molecule has 0 aliphatic carbocycles. The highest BCUT2D eigenvalue weighted by Crippen LogP contribution is 2.28. The molecule has 0 heterocycles. The van der Waals surface area contributed by atoms with Gasteiger partial charge in [-0.05, 0) is 37.7 Å². The summed E-state index contributed by atoms with van der Waals surface area (Å²) in [6, 6.07) is 15.9. The van der Waals surface area contributed by atoms with Crippen LogP contribution in [0, 0.1) is 0 Å². The van der Waals surface area contributed by atoms with Crippen molar-refractivity contribution < 1.29 is 9.47 Å². The summed E-state index contributed by atoms with van der Waals surface area (Å²) in [5.74, 6) is 1.78. The highest BCUT2D eigenvalue weighted by atomic mass is 16.5. The van der Waals surface area contributed by atoms with Crippen LogP contribution in [0.15, 0.2) is 53.5 Å². The van der Waals surface area contributed by atoms with Crippen LogP contribution in [-0.4, -0.2) is 45.2 Å². The molecule has 3 N–H and O–H groups in total. The minimum atomic E-state index is 0.363. The van der Waals surface area contributed by atoms with Crippen molar-refractivity contribution in [3.8, 4) is 11.5 Å². The highest BCUT2D eigenvalue weighted by molar-refractivity contribution is 5.94. The third kappa shape index (κ3) is 6.29. The summed E-state index contributed by atoms with van der Waals surface area (Å²) >= 11 is 0. The predicted molar refractivity (Wildman–Crippen MR) is 107 cm³/mol. The average Bonchev–Trinajstić information content (AvgIpc) is 2.66. The predicted octanol–water partition coefficient (Wildman–Crippen LogP) is 2.95. The number of hydrogen-bond donors (Lipinski definition) is 2. The first kappa shape index (κ1) is 19.6. The number of guanidine groups is 1. The summed E-state index contributed by atoms with van der Waals surface area (Å²) in [6.45, 7) is 2.54. The zero-order chi connectivity index (χ0) is 18.8. The van der Waals surface area contributed by atoms with Crippen molar-refractivity contribution in [2.75, 3.05) is 39.7 Å². The number of nitrogens with two attached hydrogens (primary N) is 1. The Labute approximate surface area is 155 Å². The lowest BCUT2D eigenvalue weighted by molar-refractivity contribution is 0.324. The van der Waals surface area contributed by atoms with Crippen molar-refractivity contribution in [1.29, 1.82) is 0 Å². The second-order valence-electron chi connectivity index (χ2n) is 6.04. The Kier molecular flexibility index (Phi) is 7.76. The second kappa shape index (κ2) is 10.3. The number of nitrogens with one attached hydrogen (secondary N) is 1. The van der Waals surface area contributed by atoms with Crippen LogP contribution >= 0.6 is 0 Å². The molecule has 6 nitrogen and oxygen atoms in total. The van der Waals surface area contributed by atoms with Crippen LogP contribution in [-0.2, 0) is 6.54 Å². The first-order valence-electron chi connectivity index (χ1n) is 8.64. The average molecular weight is 356 g/mol. The molecule has 0 radical (unpaired) electrons. The van der Waals surface area contributed by atoms with Crippen LogP contribution in [0.4, 0.5) is 5.69 Å². The molecule has 0 aliphatic heterocycles. The smallest absolute Gasteiger partial charge is 0.193 e. The highest BCUT2D eigenvalue weighted by Gasteiger charge is 2.06. The van der Waals surface area contributed by atoms with Gasteiger partial charge >= 0.3 is 0 Å². The Morgan fingerprint density at radius 1 is 1.12 bits per heavy atom. The minimum Gasteiger partial charge on any atom is -0.497 e. The topological polar surface area (TPSA) is 72.1 Å². The quantitative estimate of drug-likeness (QED) is 0.411. The Hall–Kier alpha value is -2.73. The standard InChI is InChI=1S/C20H28N4O2/c1-24(15-16-8-5-4-6-9-16)13-7-12-22-20(21)23-18-14-17(25-2)10-11-19(18)26-3/h4-6,8-11,14H,7,12-13,15H2,1-3H3,(H3,21,22,23). The van der Waals surface area contributed by atoms with Crippen LogP contribution < -0.4 is 20.5 Å². The van der Waals surface area contributed by atoms with E-state index in [2.05, 4.69) is 46.5 Å². The summed E-state index contributed by atoms with van der Waals surface area (Å²) in [4.78, 5) is 6.67. The first-order chi connectivity index (χ1) is 12.6. The lowest BCUT2D eigenvalue weighted by atomic mass is 10.2. The number of ether oxygens (including phenoxy) is 2. The van der Waals surface area contributed by atoms with Gasteiger partial charge in [0.15, 0.2) is 5.96 Å². The van der Waals surface area contributed by atoms with Gasteiger partial charge in [-0.15, -0.1) is 0 Å². The Morgan fingerprint density at radius 3 is 2.58 bits per heavy atom. The molecule has 0 fully saturated rings. The molecule has 0 aliphatic rings. The number of anilines is 1. The van der Waals surface area contributed by atoms with Gasteiger partial charge in [0.1, 0.15) is 11.5 Å². The van der Waals surface area contributed by atoms with Crippen LogP contribution in [0.3, 0.4) is 0 Å². The molecule has 0 saturated heterocycles. The summed E-state index contributed by atoms with van der Waals surface area (Å²) in [5, 5.41) is 3.07. The Bertz CT molecular complexity index is 704. The van der Waals surface area contributed by atoms with Crippen molar-refractivity contribution in [2.45, 2.75) is 13.0 Å². The summed E-state index contributed by atoms with van der Waals surface area (Å²) in [5.41, 5.74) is 8.03. The normalized spacial score (nSPS) is 11.5. The van der Waals surface area contributed by atoms with Gasteiger partial charge in [-0.25, -0.2) is 0 Å².